The quantitative estimate of drug-likeness (QED) is 0.329. The van der Waals surface area contributed by atoms with Gasteiger partial charge < -0.3 is 14.2 Å². The van der Waals surface area contributed by atoms with Crippen molar-refractivity contribution in [3.8, 4) is 5.75 Å². The maximum absolute atomic E-state index is 12.7. The maximum atomic E-state index is 12.7. The minimum atomic E-state index is -0.258. The molecular formula is C25H33N2O4+. The van der Waals surface area contributed by atoms with Crippen molar-refractivity contribution in [3.05, 3.63) is 41.3 Å². The van der Waals surface area contributed by atoms with Crippen LogP contribution < -0.4 is 10.1 Å². The van der Waals surface area contributed by atoms with Crippen LogP contribution in [-0.4, -0.2) is 51.3 Å². The third kappa shape index (κ3) is 3.66. The lowest BCUT2D eigenvalue weighted by atomic mass is 9.73. The Morgan fingerprint density at radius 1 is 1.26 bits per heavy atom. The Hall–Kier alpha value is -2.31. The molecule has 0 bridgehead atoms. The van der Waals surface area contributed by atoms with Gasteiger partial charge in [0.2, 0.25) is 0 Å². The van der Waals surface area contributed by atoms with Crippen LogP contribution in [0.25, 0.3) is 5.57 Å². The van der Waals surface area contributed by atoms with Crippen molar-refractivity contribution in [2.75, 3.05) is 34.4 Å². The number of ether oxygens (including phenoxy) is 3. The van der Waals surface area contributed by atoms with Crippen LogP contribution >= 0.6 is 0 Å². The molecule has 0 aromatic heterocycles. The van der Waals surface area contributed by atoms with Gasteiger partial charge in [0, 0.05) is 30.6 Å². The van der Waals surface area contributed by atoms with E-state index in [1.807, 2.05) is 0 Å². The number of fused-ring (bicyclic) bond motifs is 4. The van der Waals surface area contributed by atoms with Gasteiger partial charge in [0.05, 0.1) is 44.8 Å². The molecule has 1 aromatic rings. The molecule has 1 unspecified atom stereocenters. The summed E-state index contributed by atoms with van der Waals surface area (Å²) in [4.78, 5) is 15.3. The molecule has 31 heavy (non-hydrogen) atoms. The van der Waals surface area contributed by atoms with E-state index in [0.29, 0.717) is 17.5 Å². The van der Waals surface area contributed by atoms with E-state index in [1.54, 1.807) is 20.5 Å². The Labute approximate surface area is 184 Å². The molecule has 3 aliphatic heterocycles. The largest absolute Gasteiger partial charge is 0.504 e. The van der Waals surface area contributed by atoms with E-state index < -0.39 is 0 Å². The van der Waals surface area contributed by atoms with Crippen molar-refractivity contribution in [2.24, 2.45) is 17.8 Å². The average molecular weight is 426 g/mol. The highest BCUT2D eigenvalue weighted by Gasteiger charge is 2.48. The lowest BCUT2D eigenvalue weighted by Gasteiger charge is -2.46. The second-order valence-electron chi connectivity index (χ2n) is 9.35. The van der Waals surface area contributed by atoms with E-state index in [-0.39, 0.29) is 11.9 Å². The Balaban J connectivity index is 1.49. The Morgan fingerprint density at radius 3 is 2.81 bits per heavy atom. The van der Waals surface area contributed by atoms with Gasteiger partial charge in [0.1, 0.15) is 17.1 Å². The zero-order valence-electron chi connectivity index (χ0n) is 18.7. The number of rotatable bonds is 6. The van der Waals surface area contributed by atoms with Crippen LogP contribution in [0.15, 0.2) is 35.7 Å². The van der Waals surface area contributed by atoms with Gasteiger partial charge in [-0.1, -0.05) is 18.9 Å². The number of carbonyl (C=O) groups is 1. The molecule has 5 rings (SSSR count). The molecule has 6 heteroatoms. The number of quaternary nitrogens is 1. The summed E-state index contributed by atoms with van der Waals surface area (Å²) in [6.07, 6.45) is 7.44. The summed E-state index contributed by atoms with van der Waals surface area (Å²) in [5.41, 5.74) is 6.03. The van der Waals surface area contributed by atoms with Crippen LogP contribution in [0.3, 0.4) is 0 Å². The second kappa shape index (κ2) is 8.32. The third-order valence-corrected chi connectivity index (χ3v) is 7.60. The summed E-state index contributed by atoms with van der Waals surface area (Å²) in [6.45, 7) is 2.09. The van der Waals surface area contributed by atoms with Crippen LogP contribution in [0.4, 0.5) is 5.69 Å². The van der Waals surface area contributed by atoms with E-state index >= 15 is 0 Å². The fourth-order valence-electron chi connectivity index (χ4n) is 6.02. The van der Waals surface area contributed by atoms with Gasteiger partial charge in [-0.15, -0.1) is 0 Å². The number of nitrogens with zero attached hydrogens (tertiary/aromatic N) is 1. The van der Waals surface area contributed by atoms with E-state index in [9.17, 15) is 4.79 Å². The summed E-state index contributed by atoms with van der Waals surface area (Å²) in [7, 11) is 4.83. The number of nitrogens with two attached hydrogens (primary N) is 1. The molecule has 1 aromatic carbocycles. The van der Waals surface area contributed by atoms with Crippen molar-refractivity contribution >= 4 is 17.2 Å². The summed E-state index contributed by atoms with van der Waals surface area (Å²) in [5.74, 6) is 2.13. The molecule has 1 saturated carbocycles. The average Bonchev–Trinajstić information content (AvgIpc) is 3.52. The summed E-state index contributed by atoms with van der Waals surface area (Å²) in [5, 5.41) is 2.35. The molecule has 2 N–H and O–H groups in total. The number of carbonyl (C=O) groups excluding carboxylic acids is 1. The van der Waals surface area contributed by atoms with Crippen LogP contribution in [0, 0.1) is 17.8 Å². The van der Waals surface area contributed by atoms with Crippen LogP contribution in [0.5, 0.6) is 5.75 Å². The van der Waals surface area contributed by atoms with E-state index in [1.165, 1.54) is 48.9 Å². The third-order valence-electron chi connectivity index (χ3n) is 7.60. The zero-order chi connectivity index (χ0) is 21.5. The number of hydrogen-bond donors (Lipinski definition) is 1. The second-order valence-corrected chi connectivity index (χ2v) is 9.35. The zero-order valence-corrected chi connectivity index (χ0v) is 18.7. The first-order valence-corrected chi connectivity index (χ1v) is 11.4. The highest BCUT2D eigenvalue weighted by Crippen LogP contribution is 2.48. The highest BCUT2D eigenvalue weighted by molar-refractivity contribution is 5.89. The Morgan fingerprint density at radius 2 is 2.10 bits per heavy atom. The van der Waals surface area contributed by atoms with Crippen molar-refractivity contribution in [3.63, 3.8) is 0 Å². The van der Waals surface area contributed by atoms with Gasteiger partial charge in [0.25, 0.3) is 0 Å². The standard InChI is InChI=1S/C25H32N2O4/c1-29-14-19(25(28)31-3)18-12-21-24-17(23-20(26-24)5-4-6-22(23)30-2)9-10-27(21)13-16(18)11-15-7-8-15/h4-6,14-16,18,21,26H,7-13H2,1-3H3/p+1/b19-14+/t16-,18+,21?/m1/s1. The van der Waals surface area contributed by atoms with Crippen molar-refractivity contribution < 1.29 is 24.3 Å². The molecule has 1 saturated heterocycles. The van der Waals surface area contributed by atoms with Crippen LogP contribution in [-0.2, 0) is 14.3 Å². The number of esters is 1. The van der Waals surface area contributed by atoms with Crippen molar-refractivity contribution in [1.82, 2.24) is 4.90 Å². The highest BCUT2D eigenvalue weighted by atomic mass is 16.5. The maximum Gasteiger partial charge on any atom is 0.337 e. The molecule has 0 amide bonds. The molecule has 3 heterocycles. The molecule has 0 spiro atoms. The van der Waals surface area contributed by atoms with Gasteiger partial charge >= 0.3 is 5.97 Å². The fourth-order valence-corrected chi connectivity index (χ4v) is 6.02. The molecule has 3 atom stereocenters. The van der Waals surface area contributed by atoms with Gasteiger partial charge in [-0.25, -0.2) is 4.79 Å². The van der Waals surface area contributed by atoms with E-state index in [2.05, 4.69) is 28.4 Å². The summed E-state index contributed by atoms with van der Waals surface area (Å²) in [6, 6.07) is 6.62. The predicted molar refractivity (Wildman–Crippen MR) is 118 cm³/mol. The summed E-state index contributed by atoms with van der Waals surface area (Å²) >= 11 is 0. The molecular weight excluding hydrogens is 392 g/mol. The monoisotopic (exact) mass is 425 g/mol. The first-order valence-electron chi connectivity index (χ1n) is 11.4. The number of methoxy groups -OCH3 is 3. The predicted octanol–water partition coefficient (Wildman–Crippen LogP) is 2.83. The lowest BCUT2D eigenvalue weighted by molar-refractivity contribution is -0.521. The first-order chi connectivity index (χ1) is 15.1. The SMILES string of the molecule is CO/C=C(/C(=O)OC)[C@H]1CC2C3=C(CCN2C[C@H]1CC1CC1)c1c(cccc1OC)[NH2+]3. The van der Waals surface area contributed by atoms with E-state index in [4.69, 9.17) is 14.2 Å². The molecule has 6 nitrogen and oxygen atoms in total. The lowest BCUT2D eigenvalue weighted by Crippen LogP contribution is -2.79. The molecule has 2 fully saturated rings. The number of benzene rings is 1. The number of piperidine rings is 1. The van der Waals surface area contributed by atoms with Crippen LogP contribution in [0.2, 0.25) is 0 Å². The molecule has 4 aliphatic rings. The van der Waals surface area contributed by atoms with Crippen molar-refractivity contribution in [2.45, 2.75) is 38.1 Å². The van der Waals surface area contributed by atoms with Crippen LogP contribution in [0.1, 0.15) is 37.7 Å². The van der Waals surface area contributed by atoms with Gasteiger partial charge in [0.15, 0.2) is 0 Å². The Kier molecular flexibility index (Phi) is 5.52. The molecule has 166 valence electrons. The molecule has 0 radical (unpaired) electrons. The first kappa shape index (κ1) is 20.6. The minimum Gasteiger partial charge on any atom is -0.504 e. The van der Waals surface area contributed by atoms with Gasteiger partial charge in [-0.2, -0.15) is 0 Å². The van der Waals surface area contributed by atoms with Crippen molar-refractivity contribution in [1.29, 1.82) is 0 Å². The Bertz CT molecular complexity index is 933. The molecule has 1 aliphatic carbocycles. The van der Waals surface area contributed by atoms with Gasteiger partial charge in [-0.05, 0) is 37.2 Å². The topological polar surface area (TPSA) is 64.6 Å². The van der Waals surface area contributed by atoms with Gasteiger partial charge in [-0.3, -0.25) is 10.2 Å². The summed E-state index contributed by atoms with van der Waals surface area (Å²) < 4.78 is 16.2. The minimum absolute atomic E-state index is 0.153. The van der Waals surface area contributed by atoms with E-state index in [0.717, 1.165) is 37.6 Å². The smallest absolute Gasteiger partial charge is 0.337 e. The fraction of sp³-hybridized carbons (Fsp3) is 0.560. The normalized spacial score (nSPS) is 28.0. The number of hydrogen-bond acceptors (Lipinski definition) is 5.